The maximum atomic E-state index is 13.6. The van der Waals surface area contributed by atoms with Gasteiger partial charge in [0.15, 0.2) is 5.78 Å². The average molecular weight is 476 g/mol. The highest BCUT2D eigenvalue weighted by atomic mass is 35.5. The number of ether oxygens (including phenoxy) is 3. The topological polar surface area (TPSA) is 90.9 Å². The Hall–Kier alpha value is -2.64. The molecule has 1 aromatic rings. The second kappa shape index (κ2) is 11.0. The van der Waals surface area contributed by atoms with Crippen LogP contribution in [0.4, 0.5) is 0 Å². The molecule has 0 radical (unpaired) electrons. The molecule has 0 fully saturated rings. The van der Waals surface area contributed by atoms with Gasteiger partial charge in [0.2, 0.25) is 0 Å². The summed E-state index contributed by atoms with van der Waals surface area (Å²) in [6.45, 7) is 6.60. The van der Waals surface area contributed by atoms with Gasteiger partial charge in [-0.3, -0.25) is 9.59 Å². The monoisotopic (exact) mass is 475 g/mol. The maximum Gasteiger partial charge on any atom is 0.336 e. The fraction of sp³-hybridized carbons (Fsp3) is 0.480. The number of benzene rings is 1. The zero-order chi connectivity index (χ0) is 24.1. The van der Waals surface area contributed by atoms with E-state index in [2.05, 4.69) is 5.32 Å². The summed E-state index contributed by atoms with van der Waals surface area (Å²) in [5, 5.41) is 3.71. The summed E-state index contributed by atoms with van der Waals surface area (Å²) in [6, 6.07) is 7.04. The Bertz CT molecular complexity index is 998. The van der Waals surface area contributed by atoms with Crippen LogP contribution in [0.1, 0.15) is 45.1 Å². The maximum absolute atomic E-state index is 13.6. The minimum Gasteiger partial charge on any atom is -0.468 e. The van der Waals surface area contributed by atoms with E-state index in [-0.39, 0.29) is 24.9 Å². The summed E-state index contributed by atoms with van der Waals surface area (Å²) in [5.74, 6) is -3.36. The van der Waals surface area contributed by atoms with Crippen molar-refractivity contribution in [1.29, 1.82) is 0 Å². The first kappa shape index (κ1) is 25.0. The van der Waals surface area contributed by atoms with E-state index in [1.165, 1.54) is 7.11 Å². The fourth-order valence-corrected chi connectivity index (χ4v) is 4.69. The number of hydrogen-bond donors (Lipinski definition) is 1. The van der Waals surface area contributed by atoms with Crippen molar-refractivity contribution in [2.45, 2.75) is 39.5 Å². The number of ketones is 1. The summed E-state index contributed by atoms with van der Waals surface area (Å²) in [5.41, 5.74) is 2.69. The van der Waals surface area contributed by atoms with Crippen LogP contribution in [0.5, 0.6) is 0 Å². The van der Waals surface area contributed by atoms with Crippen LogP contribution >= 0.6 is 11.6 Å². The van der Waals surface area contributed by atoms with Gasteiger partial charge in [-0.2, -0.15) is 0 Å². The van der Waals surface area contributed by atoms with E-state index in [0.29, 0.717) is 46.2 Å². The Balaban J connectivity index is 2.02. The molecule has 0 unspecified atom stereocenters. The number of carbonyl (C=O) groups excluding carboxylic acids is 3. The smallest absolute Gasteiger partial charge is 0.336 e. The third-order valence-electron chi connectivity index (χ3n) is 5.95. The van der Waals surface area contributed by atoms with Crippen molar-refractivity contribution in [3.63, 3.8) is 0 Å². The SMILES string of the molecule is CCCOCCOC(=O)C1=C(C)NC2=C(C(=O)[C@H](C(=O)OC)[C@@H](C)C2)[C@@H]1c1cccc(Cl)c1. The first-order valence-electron chi connectivity index (χ1n) is 11.1. The second-order valence-corrected chi connectivity index (χ2v) is 8.78. The third-order valence-corrected chi connectivity index (χ3v) is 6.19. The van der Waals surface area contributed by atoms with Crippen molar-refractivity contribution in [3.8, 4) is 0 Å². The van der Waals surface area contributed by atoms with Crippen molar-refractivity contribution in [1.82, 2.24) is 5.32 Å². The van der Waals surface area contributed by atoms with Gasteiger partial charge in [-0.1, -0.05) is 37.6 Å². The van der Waals surface area contributed by atoms with Crippen LogP contribution in [-0.4, -0.2) is 44.7 Å². The highest BCUT2D eigenvalue weighted by molar-refractivity contribution is 6.30. The van der Waals surface area contributed by atoms with Crippen molar-refractivity contribution in [3.05, 3.63) is 57.4 Å². The molecular formula is C25H30ClNO6. The predicted octanol–water partition coefficient (Wildman–Crippen LogP) is 3.92. The molecular weight excluding hydrogens is 446 g/mol. The first-order valence-corrected chi connectivity index (χ1v) is 11.5. The molecule has 8 heteroatoms. The lowest BCUT2D eigenvalue weighted by Gasteiger charge is -2.38. The number of esters is 2. The number of allylic oxidation sites excluding steroid dienone is 3. The van der Waals surface area contributed by atoms with Gasteiger partial charge in [0.25, 0.3) is 0 Å². The summed E-state index contributed by atoms with van der Waals surface area (Å²) >= 11 is 6.26. The van der Waals surface area contributed by atoms with Crippen LogP contribution in [0.3, 0.4) is 0 Å². The highest BCUT2D eigenvalue weighted by Gasteiger charge is 2.47. The van der Waals surface area contributed by atoms with Gasteiger partial charge in [-0.05, 0) is 43.4 Å². The Morgan fingerprint density at radius 3 is 2.64 bits per heavy atom. The summed E-state index contributed by atoms with van der Waals surface area (Å²) in [4.78, 5) is 39.3. The van der Waals surface area contributed by atoms with Crippen molar-refractivity contribution >= 4 is 29.3 Å². The molecule has 33 heavy (non-hydrogen) atoms. The van der Waals surface area contributed by atoms with Crippen LogP contribution in [-0.2, 0) is 28.6 Å². The molecule has 0 aromatic heterocycles. The van der Waals surface area contributed by atoms with Gasteiger partial charge < -0.3 is 19.5 Å². The van der Waals surface area contributed by atoms with E-state index in [1.54, 1.807) is 25.1 Å². The molecule has 0 spiro atoms. The summed E-state index contributed by atoms with van der Waals surface area (Å²) < 4.78 is 15.8. The van der Waals surface area contributed by atoms with Crippen LogP contribution in [0, 0.1) is 11.8 Å². The summed E-state index contributed by atoms with van der Waals surface area (Å²) in [7, 11) is 1.27. The molecule has 0 saturated carbocycles. The molecule has 7 nitrogen and oxygen atoms in total. The van der Waals surface area contributed by atoms with E-state index >= 15 is 0 Å². The standard InChI is InChI=1S/C25H30ClNO6/c1-5-9-32-10-11-33-25(30)20-15(3)27-18-12-14(2)19(24(29)31-4)23(28)22(18)21(20)16-7-6-8-17(26)13-16/h6-8,13-14,19,21,27H,5,9-12H2,1-4H3/t14-,19+,21+/m0/s1. The van der Waals surface area contributed by atoms with E-state index < -0.39 is 23.8 Å². The van der Waals surface area contributed by atoms with E-state index in [9.17, 15) is 14.4 Å². The first-order chi connectivity index (χ1) is 15.8. The number of carbonyl (C=O) groups is 3. The molecule has 2 aliphatic rings. The van der Waals surface area contributed by atoms with E-state index in [1.807, 2.05) is 19.9 Å². The predicted molar refractivity (Wildman–Crippen MR) is 123 cm³/mol. The zero-order valence-corrected chi connectivity index (χ0v) is 20.2. The molecule has 3 atom stereocenters. The lowest BCUT2D eigenvalue weighted by Crippen LogP contribution is -2.43. The minimum atomic E-state index is -0.935. The molecule has 1 aliphatic heterocycles. The van der Waals surface area contributed by atoms with Crippen LogP contribution < -0.4 is 5.32 Å². The number of halogens is 1. The van der Waals surface area contributed by atoms with Gasteiger partial charge in [0, 0.05) is 34.5 Å². The number of Topliss-reactive ketones (excluding diaryl/α,β-unsaturated/α-hetero) is 1. The van der Waals surface area contributed by atoms with Gasteiger partial charge in [-0.15, -0.1) is 0 Å². The molecule has 0 bridgehead atoms. The molecule has 1 heterocycles. The number of rotatable bonds is 8. The average Bonchev–Trinajstić information content (AvgIpc) is 2.77. The number of nitrogens with one attached hydrogen (secondary N) is 1. The molecule has 178 valence electrons. The fourth-order valence-electron chi connectivity index (χ4n) is 4.49. The van der Waals surface area contributed by atoms with Crippen molar-refractivity contribution in [2.75, 3.05) is 26.9 Å². The van der Waals surface area contributed by atoms with Gasteiger partial charge in [-0.25, -0.2) is 4.79 Å². The number of dihydropyridines is 1. The zero-order valence-electron chi connectivity index (χ0n) is 19.4. The summed E-state index contributed by atoms with van der Waals surface area (Å²) in [6.07, 6.45) is 1.35. The Kier molecular flexibility index (Phi) is 8.32. The minimum absolute atomic E-state index is 0.0968. The Labute approximate surface area is 199 Å². The quantitative estimate of drug-likeness (QED) is 0.346. The highest BCUT2D eigenvalue weighted by Crippen LogP contribution is 2.45. The number of methoxy groups -OCH3 is 1. The van der Waals surface area contributed by atoms with Crippen LogP contribution in [0.2, 0.25) is 5.02 Å². The van der Waals surface area contributed by atoms with Gasteiger partial charge >= 0.3 is 11.9 Å². The Morgan fingerprint density at radius 1 is 1.21 bits per heavy atom. The molecule has 1 aromatic carbocycles. The van der Waals surface area contributed by atoms with E-state index in [4.69, 9.17) is 25.8 Å². The second-order valence-electron chi connectivity index (χ2n) is 8.34. The number of hydrogen-bond acceptors (Lipinski definition) is 7. The lowest BCUT2D eigenvalue weighted by molar-refractivity contribution is -0.151. The van der Waals surface area contributed by atoms with Crippen LogP contribution in [0.25, 0.3) is 0 Å². The van der Waals surface area contributed by atoms with Gasteiger partial charge in [0.05, 0.1) is 19.3 Å². The molecule has 3 rings (SSSR count). The van der Waals surface area contributed by atoms with Crippen LogP contribution in [0.15, 0.2) is 46.8 Å². The third kappa shape index (κ3) is 5.31. The largest absolute Gasteiger partial charge is 0.468 e. The molecule has 0 amide bonds. The van der Waals surface area contributed by atoms with Gasteiger partial charge in [0.1, 0.15) is 12.5 Å². The van der Waals surface area contributed by atoms with E-state index in [0.717, 1.165) is 6.42 Å². The molecule has 1 aliphatic carbocycles. The lowest BCUT2D eigenvalue weighted by atomic mass is 9.69. The van der Waals surface area contributed by atoms with Crippen molar-refractivity contribution in [2.24, 2.45) is 11.8 Å². The Morgan fingerprint density at radius 2 is 1.97 bits per heavy atom. The normalized spacial score (nSPS) is 22.6. The van der Waals surface area contributed by atoms with Crippen molar-refractivity contribution < 1.29 is 28.6 Å². The molecule has 1 N–H and O–H groups in total. The molecule has 0 saturated heterocycles.